The van der Waals surface area contributed by atoms with Gasteiger partial charge in [-0.2, -0.15) is 0 Å². The van der Waals surface area contributed by atoms with Crippen LogP contribution < -0.4 is 4.74 Å². The lowest BCUT2D eigenvalue weighted by Gasteiger charge is -2.32. The highest BCUT2D eigenvalue weighted by Crippen LogP contribution is 2.29. The average molecular weight is 409 g/mol. The van der Waals surface area contributed by atoms with Gasteiger partial charge in [0.15, 0.2) is 5.16 Å². The Labute approximate surface area is 177 Å². The van der Waals surface area contributed by atoms with Gasteiger partial charge in [0.05, 0.1) is 7.11 Å². The molecule has 2 aromatic carbocycles. The number of aromatic nitrogens is 3. The normalized spacial score (nSPS) is 17.4. The lowest BCUT2D eigenvalue weighted by molar-refractivity contribution is 0.195. The Morgan fingerprint density at radius 2 is 1.83 bits per heavy atom. The number of hydrogen-bond donors (Lipinski definition) is 0. The SMILES string of the molecule is COc1ccc(CN2CCC[C@H](c3nnc(SCc4ccccc4)n3C)C2)cc1. The van der Waals surface area contributed by atoms with Gasteiger partial charge in [0.1, 0.15) is 11.6 Å². The second-order valence-corrected chi connectivity index (χ2v) is 8.54. The van der Waals surface area contributed by atoms with Gasteiger partial charge in [-0.15, -0.1) is 10.2 Å². The third-order valence-corrected chi connectivity index (χ3v) is 6.61. The van der Waals surface area contributed by atoms with Crippen LogP contribution in [0.25, 0.3) is 0 Å². The highest BCUT2D eigenvalue weighted by atomic mass is 32.2. The number of benzene rings is 2. The molecule has 2 heterocycles. The molecule has 3 aromatic rings. The summed E-state index contributed by atoms with van der Waals surface area (Å²) in [6.07, 6.45) is 2.37. The zero-order valence-corrected chi connectivity index (χ0v) is 17.9. The number of rotatable bonds is 7. The van der Waals surface area contributed by atoms with Gasteiger partial charge in [0.2, 0.25) is 0 Å². The van der Waals surface area contributed by atoms with Gasteiger partial charge in [-0.1, -0.05) is 54.2 Å². The number of nitrogens with zero attached hydrogens (tertiary/aromatic N) is 4. The van der Waals surface area contributed by atoms with Crippen molar-refractivity contribution in [2.24, 2.45) is 7.05 Å². The van der Waals surface area contributed by atoms with E-state index < -0.39 is 0 Å². The molecule has 1 atom stereocenters. The van der Waals surface area contributed by atoms with Crippen molar-refractivity contribution in [3.63, 3.8) is 0 Å². The summed E-state index contributed by atoms with van der Waals surface area (Å²) in [7, 11) is 3.81. The molecule has 29 heavy (non-hydrogen) atoms. The minimum Gasteiger partial charge on any atom is -0.497 e. The summed E-state index contributed by atoms with van der Waals surface area (Å²) in [6.45, 7) is 3.13. The number of hydrogen-bond acceptors (Lipinski definition) is 5. The zero-order chi connectivity index (χ0) is 20.1. The van der Waals surface area contributed by atoms with Gasteiger partial charge < -0.3 is 9.30 Å². The van der Waals surface area contributed by atoms with E-state index in [1.165, 1.54) is 24.0 Å². The minimum absolute atomic E-state index is 0.436. The van der Waals surface area contributed by atoms with Crippen LogP contribution in [0.5, 0.6) is 5.75 Å². The molecule has 1 aromatic heterocycles. The van der Waals surface area contributed by atoms with Crippen LogP contribution in [0.15, 0.2) is 59.8 Å². The fraction of sp³-hybridized carbons (Fsp3) is 0.391. The van der Waals surface area contributed by atoms with Crippen LogP contribution in [0.1, 0.15) is 35.7 Å². The van der Waals surface area contributed by atoms with Crippen LogP contribution >= 0.6 is 11.8 Å². The first-order valence-corrected chi connectivity index (χ1v) is 11.1. The van der Waals surface area contributed by atoms with Crippen molar-refractivity contribution >= 4 is 11.8 Å². The molecule has 4 rings (SSSR count). The summed E-state index contributed by atoms with van der Waals surface area (Å²) in [5, 5.41) is 10.0. The number of ether oxygens (including phenoxy) is 1. The van der Waals surface area contributed by atoms with Gasteiger partial charge in [-0.25, -0.2) is 0 Å². The second kappa shape index (κ2) is 9.46. The molecule has 0 spiro atoms. The van der Waals surface area contributed by atoms with E-state index in [2.05, 4.69) is 69.2 Å². The molecule has 1 aliphatic rings. The Kier molecular flexibility index (Phi) is 6.52. The summed E-state index contributed by atoms with van der Waals surface area (Å²) in [6, 6.07) is 18.9. The van der Waals surface area contributed by atoms with Crippen molar-refractivity contribution < 1.29 is 4.74 Å². The number of thioether (sulfide) groups is 1. The lowest BCUT2D eigenvalue weighted by Crippen LogP contribution is -2.34. The molecular formula is C23H28N4OS. The first kappa shape index (κ1) is 20.0. The number of likely N-dealkylation sites (tertiary alicyclic amines) is 1. The summed E-state index contributed by atoms with van der Waals surface area (Å²) in [4.78, 5) is 2.53. The molecule has 0 aliphatic carbocycles. The van der Waals surface area contributed by atoms with E-state index in [0.29, 0.717) is 5.92 Å². The minimum atomic E-state index is 0.436. The molecule has 5 nitrogen and oxygen atoms in total. The van der Waals surface area contributed by atoms with E-state index in [9.17, 15) is 0 Å². The Morgan fingerprint density at radius 1 is 1.03 bits per heavy atom. The molecule has 1 fully saturated rings. The monoisotopic (exact) mass is 408 g/mol. The topological polar surface area (TPSA) is 43.2 Å². The Balaban J connectivity index is 1.38. The van der Waals surface area contributed by atoms with Crippen molar-refractivity contribution in [3.05, 3.63) is 71.5 Å². The third-order valence-electron chi connectivity index (χ3n) is 5.52. The lowest BCUT2D eigenvalue weighted by atomic mass is 9.96. The number of piperidine rings is 1. The predicted molar refractivity (Wildman–Crippen MR) is 117 cm³/mol. The highest BCUT2D eigenvalue weighted by Gasteiger charge is 2.26. The molecule has 0 unspecified atom stereocenters. The Morgan fingerprint density at radius 3 is 2.59 bits per heavy atom. The molecule has 0 saturated carbocycles. The maximum atomic E-state index is 5.26. The maximum Gasteiger partial charge on any atom is 0.191 e. The number of methoxy groups -OCH3 is 1. The first-order valence-electron chi connectivity index (χ1n) is 10.1. The Bertz CT molecular complexity index is 910. The van der Waals surface area contributed by atoms with Crippen molar-refractivity contribution in [1.29, 1.82) is 0 Å². The average Bonchev–Trinajstić information content (AvgIpc) is 3.14. The van der Waals surface area contributed by atoms with Crippen LogP contribution in [0, 0.1) is 0 Å². The fourth-order valence-electron chi connectivity index (χ4n) is 3.93. The van der Waals surface area contributed by atoms with Gasteiger partial charge in [-0.3, -0.25) is 4.90 Å². The molecule has 6 heteroatoms. The smallest absolute Gasteiger partial charge is 0.191 e. The molecular weight excluding hydrogens is 380 g/mol. The van der Waals surface area contributed by atoms with E-state index in [1.807, 2.05) is 12.1 Å². The van der Waals surface area contributed by atoms with Gasteiger partial charge >= 0.3 is 0 Å². The Hall–Kier alpha value is -2.31. The van der Waals surface area contributed by atoms with Crippen molar-refractivity contribution in [1.82, 2.24) is 19.7 Å². The molecule has 1 aliphatic heterocycles. The summed E-state index contributed by atoms with van der Waals surface area (Å²) >= 11 is 1.76. The van der Waals surface area contributed by atoms with Gasteiger partial charge in [0, 0.05) is 31.8 Å². The standard InChI is InChI=1S/C23H28N4OS/c1-26-22(24-25-23(26)29-17-19-7-4-3-5-8-19)20-9-6-14-27(16-20)15-18-10-12-21(28-2)13-11-18/h3-5,7-8,10-13,20H,6,9,14-17H2,1-2H3/t20-/m0/s1. The molecule has 0 N–H and O–H groups in total. The van der Waals surface area contributed by atoms with E-state index in [-0.39, 0.29) is 0 Å². The van der Waals surface area contributed by atoms with Crippen LogP contribution in [-0.4, -0.2) is 39.9 Å². The van der Waals surface area contributed by atoms with Crippen LogP contribution in [0.2, 0.25) is 0 Å². The fourth-order valence-corrected chi connectivity index (χ4v) is 4.80. The van der Waals surface area contributed by atoms with Crippen molar-refractivity contribution in [2.45, 2.75) is 36.2 Å². The van der Waals surface area contributed by atoms with Crippen molar-refractivity contribution in [2.75, 3.05) is 20.2 Å². The maximum absolute atomic E-state index is 5.26. The summed E-state index contributed by atoms with van der Waals surface area (Å²) < 4.78 is 7.45. The summed E-state index contributed by atoms with van der Waals surface area (Å²) in [5.74, 6) is 3.37. The largest absolute Gasteiger partial charge is 0.497 e. The molecule has 0 radical (unpaired) electrons. The van der Waals surface area contributed by atoms with E-state index in [4.69, 9.17) is 4.74 Å². The van der Waals surface area contributed by atoms with Crippen LogP contribution in [-0.2, 0) is 19.3 Å². The molecule has 1 saturated heterocycles. The van der Waals surface area contributed by atoms with E-state index in [1.54, 1.807) is 18.9 Å². The molecule has 152 valence electrons. The van der Waals surface area contributed by atoms with Crippen LogP contribution in [0.4, 0.5) is 0 Å². The second-order valence-electron chi connectivity index (χ2n) is 7.60. The van der Waals surface area contributed by atoms with Crippen LogP contribution in [0.3, 0.4) is 0 Å². The predicted octanol–water partition coefficient (Wildman–Crippen LogP) is 4.50. The third kappa shape index (κ3) is 5.00. The van der Waals surface area contributed by atoms with E-state index in [0.717, 1.165) is 42.1 Å². The summed E-state index contributed by atoms with van der Waals surface area (Å²) in [5.41, 5.74) is 2.63. The van der Waals surface area contributed by atoms with Gasteiger partial charge in [0.25, 0.3) is 0 Å². The highest BCUT2D eigenvalue weighted by molar-refractivity contribution is 7.98. The van der Waals surface area contributed by atoms with E-state index >= 15 is 0 Å². The molecule has 0 bridgehead atoms. The molecule has 0 amide bonds. The quantitative estimate of drug-likeness (QED) is 0.539. The first-order chi connectivity index (χ1) is 14.2. The van der Waals surface area contributed by atoms with Gasteiger partial charge in [-0.05, 0) is 42.6 Å². The zero-order valence-electron chi connectivity index (χ0n) is 17.1. The van der Waals surface area contributed by atoms with Crippen molar-refractivity contribution in [3.8, 4) is 5.75 Å².